The van der Waals surface area contributed by atoms with Crippen molar-refractivity contribution in [2.75, 3.05) is 38.5 Å². The topological polar surface area (TPSA) is 84.9 Å². The predicted octanol–water partition coefficient (Wildman–Crippen LogP) is 0.808. The van der Waals surface area contributed by atoms with Gasteiger partial charge in [0.2, 0.25) is 0 Å². The second kappa shape index (κ2) is 6.51. The van der Waals surface area contributed by atoms with Crippen molar-refractivity contribution in [2.24, 2.45) is 0 Å². The molecule has 0 aliphatic carbocycles. The zero-order valence-corrected chi connectivity index (χ0v) is 11.6. The van der Waals surface area contributed by atoms with Crippen LogP contribution in [-0.2, 0) is 0 Å². The van der Waals surface area contributed by atoms with Crippen LogP contribution in [0.2, 0.25) is 0 Å². The van der Waals surface area contributed by atoms with Crippen LogP contribution in [0.4, 0.5) is 14.9 Å². The Kier molecular flexibility index (Phi) is 4.71. The smallest absolute Gasteiger partial charge is 0.340 e. The number of hydrogen-bond acceptors (Lipinski definition) is 4. The van der Waals surface area contributed by atoms with E-state index in [2.05, 4.69) is 15.6 Å². The lowest BCUT2D eigenvalue weighted by atomic mass is 10.1. The summed E-state index contributed by atoms with van der Waals surface area (Å²) in [4.78, 5) is 25.0. The van der Waals surface area contributed by atoms with Crippen molar-refractivity contribution in [1.29, 1.82) is 0 Å². The lowest BCUT2D eigenvalue weighted by molar-refractivity contribution is 0.0693. The van der Waals surface area contributed by atoms with Crippen molar-refractivity contribution in [3.05, 3.63) is 29.6 Å². The molecule has 0 atom stereocenters. The third-order valence-electron chi connectivity index (χ3n) is 3.24. The van der Waals surface area contributed by atoms with E-state index >= 15 is 0 Å². The number of rotatable bonds is 3. The summed E-state index contributed by atoms with van der Waals surface area (Å²) < 4.78 is 13.5. The number of halogens is 1. The number of urea groups is 1. The van der Waals surface area contributed by atoms with Crippen LogP contribution in [0.1, 0.15) is 10.4 Å². The second-order valence-electron chi connectivity index (χ2n) is 4.82. The standard InChI is InChI=1S/C13H17FN4O3/c1-17-5-7-18(8-6-17)16-13(21)15-10-4-2-3-9(14)11(10)12(19)20/h2-4H,5-8H2,1H3,(H,19,20)(H2,15,16,21). The highest BCUT2D eigenvalue weighted by Gasteiger charge is 2.19. The van der Waals surface area contributed by atoms with Crippen LogP contribution in [0.5, 0.6) is 0 Å². The zero-order valence-electron chi connectivity index (χ0n) is 11.6. The van der Waals surface area contributed by atoms with E-state index in [1.54, 1.807) is 5.01 Å². The SMILES string of the molecule is CN1CCN(NC(=O)Nc2cccc(F)c2C(=O)O)CC1. The number of carboxylic acids is 1. The Bertz CT molecular complexity index is 544. The number of likely N-dealkylation sites (N-methyl/N-ethyl adjacent to an activating group) is 1. The van der Waals surface area contributed by atoms with Crippen molar-refractivity contribution in [1.82, 2.24) is 15.3 Å². The molecule has 1 aliphatic heterocycles. The predicted molar refractivity (Wildman–Crippen MR) is 74.6 cm³/mol. The van der Waals surface area contributed by atoms with Crippen LogP contribution >= 0.6 is 0 Å². The summed E-state index contributed by atoms with van der Waals surface area (Å²) in [5, 5.41) is 13.1. The normalized spacial score (nSPS) is 16.5. The third kappa shape index (κ3) is 3.89. The van der Waals surface area contributed by atoms with Gasteiger partial charge >= 0.3 is 12.0 Å². The quantitative estimate of drug-likeness (QED) is 0.768. The number of carbonyl (C=O) groups excluding carboxylic acids is 1. The molecule has 2 rings (SSSR count). The molecule has 1 heterocycles. The van der Waals surface area contributed by atoms with E-state index < -0.39 is 23.4 Å². The molecule has 114 valence electrons. The first-order chi connectivity index (χ1) is 9.97. The number of hydrogen-bond donors (Lipinski definition) is 3. The summed E-state index contributed by atoms with van der Waals surface area (Å²) in [7, 11) is 1.99. The maximum atomic E-state index is 13.5. The molecule has 7 nitrogen and oxygen atoms in total. The molecule has 0 saturated carbocycles. The Balaban J connectivity index is 2.00. The van der Waals surface area contributed by atoms with E-state index in [-0.39, 0.29) is 5.69 Å². The van der Waals surface area contributed by atoms with Crippen molar-refractivity contribution >= 4 is 17.7 Å². The number of anilines is 1. The zero-order chi connectivity index (χ0) is 15.4. The van der Waals surface area contributed by atoms with Gasteiger partial charge in [0.1, 0.15) is 11.4 Å². The molecular weight excluding hydrogens is 279 g/mol. The van der Waals surface area contributed by atoms with Crippen LogP contribution in [0.15, 0.2) is 18.2 Å². The molecule has 0 aromatic heterocycles. The minimum Gasteiger partial charge on any atom is -0.478 e. The van der Waals surface area contributed by atoms with Crippen LogP contribution in [-0.4, -0.2) is 60.2 Å². The first-order valence-corrected chi connectivity index (χ1v) is 6.50. The molecule has 0 radical (unpaired) electrons. The Morgan fingerprint density at radius 1 is 1.24 bits per heavy atom. The van der Waals surface area contributed by atoms with Crippen molar-refractivity contribution in [3.63, 3.8) is 0 Å². The summed E-state index contributed by atoms with van der Waals surface area (Å²) in [6.07, 6.45) is 0. The van der Waals surface area contributed by atoms with Gasteiger partial charge in [0.05, 0.1) is 5.69 Å². The summed E-state index contributed by atoms with van der Waals surface area (Å²) in [6.45, 7) is 2.97. The van der Waals surface area contributed by atoms with Crippen LogP contribution in [0.25, 0.3) is 0 Å². The Morgan fingerprint density at radius 2 is 1.90 bits per heavy atom. The molecule has 3 N–H and O–H groups in total. The third-order valence-corrected chi connectivity index (χ3v) is 3.24. The Morgan fingerprint density at radius 3 is 2.52 bits per heavy atom. The van der Waals surface area contributed by atoms with E-state index in [9.17, 15) is 14.0 Å². The van der Waals surface area contributed by atoms with Crippen LogP contribution in [0.3, 0.4) is 0 Å². The van der Waals surface area contributed by atoms with E-state index in [1.807, 2.05) is 7.05 Å². The molecule has 1 aromatic rings. The highest BCUT2D eigenvalue weighted by atomic mass is 19.1. The summed E-state index contributed by atoms with van der Waals surface area (Å²) in [6, 6.07) is 3.13. The first kappa shape index (κ1) is 15.2. The molecule has 1 aliphatic rings. The molecular formula is C13H17FN4O3. The number of carbonyl (C=O) groups is 2. The van der Waals surface area contributed by atoms with Gasteiger partial charge in [-0.3, -0.25) is 5.43 Å². The highest BCUT2D eigenvalue weighted by Crippen LogP contribution is 2.18. The molecule has 0 bridgehead atoms. The van der Waals surface area contributed by atoms with E-state index in [4.69, 9.17) is 5.11 Å². The molecule has 2 amide bonds. The lowest BCUT2D eigenvalue weighted by Gasteiger charge is -2.32. The molecule has 21 heavy (non-hydrogen) atoms. The van der Waals surface area contributed by atoms with Gasteiger partial charge in [0.25, 0.3) is 0 Å². The van der Waals surface area contributed by atoms with Gasteiger partial charge in [-0.25, -0.2) is 19.0 Å². The number of nitrogens with zero attached hydrogens (tertiary/aromatic N) is 2. The number of amides is 2. The van der Waals surface area contributed by atoms with Crippen LogP contribution in [0, 0.1) is 5.82 Å². The van der Waals surface area contributed by atoms with Gasteiger partial charge in [0, 0.05) is 26.2 Å². The van der Waals surface area contributed by atoms with Crippen molar-refractivity contribution in [3.8, 4) is 0 Å². The van der Waals surface area contributed by atoms with Crippen molar-refractivity contribution in [2.45, 2.75) is 0 Å². The minimum atomic E-state index is -1.43. The van der Waals surface area contributed by atoms with Gasteiger partial charge in [-0.2, -0.15) is 0 Å². The summed E-state index contributed by atoms with van der Waals surface area (Å²) in [5.41, 5.74) is 1.99. The largest absolute Gasteiger partial charge is 0.478 e. The molecule has 1 saturated heterocycles. The fourth-order valence-corrected chi connectivity index (χ4v) is 2.06. The number of piperazine rings is 1. The first-order valence-electron chi connectivity index (χ1n) is 6.50. The second-order valence-corrected chi connectivity index (χ2v) is 4.82. The molecule has 8 heteroatoms. The summed E-state index contributed by atoms with van der Waals surface area (Å²) >= 11 is 0. The van der Waals surface area contributed by atoms with Gasteiger partial charge < -0.3 is 15.3 Å². The molecule has 1 fully saturated rings. The number of aromatic carboxylic acids is 1. The fourth-order valence-electron chi connectivity index (χ4n) is 2.06. The Hall–Kier alpha value is -2.19. The van der Waals surface area contributed by atoms with Gasteiger partial charge in [-0.05, 0) is 19.2 Å². The maximum Gasteiger partial charge on any atom is 0.340 e. The van der Waals surface area contributed by atoms with E-state index in [0.717, 1.165) is 19.2 Å². The number of hydrazine groups is 1. The molecule has 1 aromatic carbocycles. The monoisotopic (exact) mass is 296 g/mol. The lowest BCUT2D eigenvalue weighted by Crippen LogP contribution is -2.53. The molecule has 0 unspecified atom stereocenters. The number of nitrogens with one attached hydrogen (secondary N) is 2. The molecule has 0 spiro atoms. The van der Waals surface area contributed by atoms with Gasteiger partial charge in [0.15, 0.2) is 0 Å². The van der Waals surface area contributed by atoms with Crippen molar-refractivity contribution < 1.29 is 19.1 Å². The van der Waals surface area contributed by atoms with E-state index in [0.29, 0.717) is 13.1 Å². The maximum absolute atomic E-state index is 13.5. The van der Waals surface area contributed by atoms with Gasteiger partial charge in [-0.1, -0.05) is 6.07 Å². The number of carboxylic acid groups (broad SMARTS) is 1. The fraction of sp³-hybridized carbons (Fsp3) is 0.385. The highest BCUT2D eigenvalue weighted by molar-refractivity contribution is 6.00. The van der Waals surface area contributed by atoms with Crippen LogP contribution < -0.4 is 10.7 Å². The minimum absolute atomic E-state index is 0.0749. The average molecular weight is 296 g/mol. The van der Waals surface area contributed by atoms with E-state index in [1.165, 1.54) is 12.1 Å². The van der Waals surface area contributed by atoms with Gasteiger partial charge in [-0.15, -0.1) is 0 Å². The number of benzene rings is 1. The summed E-state index contributed by atoms with van der Waals surface area (Å²) in [5.74, 6) is -2.32. The Labute approximate surface area is 121 Å². The average Bonchev–Trinajstić information content (AvgIpc) is 2.41.